The summed E-state index contributed by atoms with van der Waals surface area (Å²) in [4.78, 5) is 16.2. The molecule has 0 spiro atoms. The monoisotopic (exact) mass is 196 g/mol. The van der Waals surface area contributed by atoms with Crippen molar-refractivity contribution in [3.8, 4) is 0 Å². The van der Waals surface area contributed by atoms with E-state index in [0.717, 1.165) is 38.5 Å². The molecule has 0 aromatic heterocycles. The van der Waals surface area contributed by atoms with E-state index in [-0.39, 0.29) is 0 Å². The van der Waals surface area contributed by atoms with E-state index < -0.39 is 0 Å². The summed E-state index contributed by atoms with van der Waals surface area (Å²) in [6.07, 6.45) is 3.41. The van der Waals surface area contributed by atoms with Crippen LogP contribution in [0.2, 0.25) is 0 Å². The van der Waals surface area contributed by atoms with Crippen molar-refractivity contribution < 1.29 is 4.79 Å². The molecule has 0 bridgehead atoms. The van der Waals surface area contributed by atoms with Crippen LogP contribution < -0.4 is 0 Å². The maximum absolute atomic E-state index is 11.6. The van der Waals surface area contributed by atoms with Gasteiger partial charge in [-0.3, -0.25) is 9.69 Å². The first-order valence-electron chi connectivity index (χ1n) is 5.66. The van der Waals surface area contributed by atoms with Gasteiger partial charge in [-0.05, 0) is 25.8 Å². The highest BCUT2D eigenvalue weighted by molar-refractivity contribution is 5.80. The van der Waals surface area contributed by atoms with Crippen LogP contribution in [0.1, 0.15) is 19.3 Å². The number of ketones is 1. The molecule has 1 heterocycles. The van der Waals surface area contributed by atoms with Gasteiger partial charge in [0, 0.05) is 32.6 Å². The predicted octanol–water partition coefficient (Wildman–Crippen LogP) is 0.603. The zero-order valence-corrected chi connectivity index (χ0v) is 9.04. The summed E-state index contributed by atoms with van der Waals surface area (Å²) in [5, 5.41) is 0. The number of carbonyl (C=O) groups excluding carboxylic acids is 1. The Morgan fingerprint density at radius 3 is 2.43 bits per heavy atom. The van der Waals surface area contributed by atoms with E-state index in [2.05, 4.69) is 16.8 Å². The normalized spacial score (nSPS) is 25.2. The minimum absolute atomic E-state index is 0.456. The standard InChI is InChI=1S/C11H20N2O/c1-12-4-6-13(7-5-12)9-11(14)8-10-2-3-10/h10H,2-9H2,1H3. The van der Waals surface area contributed by atoms with Crippen LogP contribution in [0, 0.1) is 5.92 Å². The van der Waals surface area contributed by atoms with Gasteiger partial charge in [0.2, 0.25) is 0 Å². The molecule has 1 aliphatic heterocycles. The summed E-state index contributed by atoms with van der Waals surface area (Å²) in [6, 6.07) is 0. The summed E-state index contributed by atoms with van der Waals surface area (Å²) in [5.41, 5.74) is 0. The molecule has 1 saturated carbocycles. The third-order valence-electron chi connectivity index (χ3n) is 3.21. The van der Waals surface area contributed by atoms with E-state index in [1.807, 2.05) is 0 Å². The predicted molar refractivity (Wildman–Crippen MR) is 56.3 cm³/mol. The second-order valence-corrected chi connectivity index (χ2v) is 4.77. The molecular weight excluding hydrogens is 176 g/mol. The van der Waals surface area contributed by atoms with Crippen LogP contribution in [-0.4, -0.2) is 55.4 Å². The SMILES string of the molecule is CN1CCN(CC(=O)CC2CC2)CC1. The quantitative estimate of drug-likeness (QED) is 0.658. The van der Waals surface area contributed by atoms with Crippen LogP contribution in [0.3, 0.4) is 0 Å². The Balaban J connectivity index is 1.66. The van der Waals surface area contributed by atoms with Crippen molar-refractivity contribution in [2.75, 3.05) is 39.8 Å². The summed E-state index contributed by atoms with van der Waals surface area (Å²) < 4.78 is 0. The van der Waals surface area contributed by atoms with Gasteiger partial charge in [0.1, 0.15) is 5.78 Å². The first kappa shape index (κ1) is 10.1. The van der Waals surface area contributed by atoms with Crippen LogP contribution in [0.4, 0.5) is 0 Å². The molecule has 0 aromatic rings. The molecule has 0 atom stereocenters. The highest BCUT2D eigenvalue weighted by atomic mass is 16.1. The fraction of sp³-hybridized carbons (Fsp3) is 0.909. The Bertz CT molecular complexity index is 205. The number of rotatable bonds is 4. The minimum atomic E-state index is 0.456. The Labute approximate surface area is 86.1 Å². The number of piperazine rings is 1. The zero-order chi connectivity index (χ0) is 9.97. The van der Waals surface area contributed by atoms with E-state index in [4.69, 9.17) is 0 Å². The average molecular weight is 196 g/mol. The van der Waals surface area contributed by atoms with Crippen molar-refractivity contribution in [3.05, 3.63) is 0 Å². The van der Waals surface area contributed by atoms with Gasteiger partial charge >= 0.3 is 0 Å². The van der Waals surface area contributed by atoms with Gasteiger partial charge in [0.05, 0.1) is 6.54 Å². The number of hydrogen-bond donors (Lipinski definition) is 0. The third-order valence-corrected chi connectivity index (χ3v) is 3.21. The van der Waals surface area contributed by atoms with E-state index >= 15 is 0 Å². The maximum atomic E-state index is 11.6. The van der Waals surface area contributed by atoms with Gasteiger partial charge in [-0.15, -0.1) is 0 Å². The van der Waals surface area contributed by atoms with Gasteiger partial charge in [0.25, 0.3) is 0 Å². The van der Waals surface area contributed by atoms with Crippen molar-refractivity contribution in [2.45, 2.75) is 19.3 Å². The molecule has 0 N–H and O–H groups in total. The Morgan fingerprint density at radius 2 is 1.86 bits per heavy atom. The molecular formula is C11H20N2O. The summed E-state index contributed by atoms with van der Waals surface area (Å²) in [5.74, 6) is 1.20. The molecule has 3 nitrogen and oxygen atoms in total. The molecule has 1 aliphatic carbocycles. The van der Waals surface area contributed by atoms with Crippen LogP contribution in [-0.2, 0) is 4.79 Å². The van der Waals surface area contributed by atoms with Crippen molar-refractivity contribution >= 4 is 5.78 Å². The fourth-order valence-corrected chi connectivity index (χ4v) is 1.96. The average Bonchev–Trinajstić information content (AvgIpc) is 2.93. The zero-order valence-electron chi connectivity index (χ0n) is 9.04. The van der Waals surface area contributed by atoms with Gasteiger partial charge in [-0.2, -0.15) is 0 Å². The molecule has 0 unspecified atom stereocenters. The van der Waals surface area contributed by atoms with Crippen LogP contribution >= 0.6 is 0 Å². The largest absolute Gasteiger partial charge is 0.304 e. The van der Waals surface area contributed by atoms with Crippen LogP contribution in [0.15, 0.2) is 0 Å². The van der Waals surface area contributed by atoms with Gasteiger partial charge in [-0.1, -0.05) is 0 Å². The highest BCUT2D eigenvalue weighted by Gasteiger charge is 2.25. The fourth-order valence-electron chi connectivity index (χ4n) is 1.96. The Hall–Kier alpha value is -0.410. The maximum Gasteiger partial charge on any atom is 0.147 e. The molecule has 1 saturated heterocycles. The molecule has 0 amide bonds. The van der Waals surface area contributed by atoms with Crippen molar-refractivity contribution in [1.82, 2.24) is 9.80 Å². The molecule has 2 rings (SSSR count). The number of carbonyl (C=O) groups is 1. The molecule has 0 radical (unpaired) electrons. The van der Waals surface area contributed by atoms with Crippen LogP contribution in [0.25, 0.3) is 0 Å². The first-order chi connectivity index (χ1) is 6.74. The van der Waals surface area contributed by atoms with E-state index in [0.29, 0.717) is 12.3 Å². The molecule has 2 aliphatic rings. The number of hydrogen-bond acceptors (Lipinski definition) is 3. The second kappa shape index (κ2) is 4.41. The summed E-state index contributed by atoms with van der Waals surface area (Å²) in [7, 11) is 2.14. The highest BCUT2D eigenvalue weighted by Crippen LogP contribution is 2.32. The summed E-state index contributed by atoms with van der Waals surface area (Å²) >= 11 is 0. The van der Waals surface area contributed by atoms with Crippen LogP contribution in [0.5, 0.6) is 0 Å². The molecule has 2 fully saturated rings. The van der Waals surface area contributed by atoms with Crippen molar-refractivity contribution in [3.63, 3.8) is 0 Å². The lowest BCUT2D eigenvalue weighted by atomic mass is 10.2. The Kier molecular flexibility index (Phi) is 3.19. The number of likely N-dealkylation sites (N-methyl/N-ethyl adjacent to an activating group) is 1. The van der Waals surface area contributed by atoms with Gasteiger partial charge < -0.3 is 4.90 Å². The molecule has 14 heavy (non-hydrogen) atoms. The summed E-state index contributed by atoms with van der Waals surface area (Å²) in [6.45, 7) is 5.04. The minimum Gasteiger partial charge on any atom is -0.304 e. The van der Waals surface area contributed by atoms with E-state index in [9.17, 15) is 4.79 Å². The van der Waals surface area contributed by atoms with Crippen molar-refractivity contribution in [1.29, 1.82) is 0 Å². The third kappa shape index (κ3) is 3.07. The van der Waals surface area contributed by atoms with E-state index in [1.165, 1.54) is 12.8 Å². The molecule has 80 valence electrons. The van der Waals surface area contributed by atoms with Gasteiger partial charge in [0.15, 0.2) is 0 Å². The topological polar surface area (TPSA) is 23.6 Å². The van der Waals surface area contributed by atoms with E-state index in [1.54, 1.807) is 0 Å². The second-order valence-electron chi connectivity index (χ2n) is 4.77. The lowest BCUT2D eigenvalue weighted by Gasteiger charge is -2.31. The number of nitrogens with zero attached hydrogens (tertiary/aromatic N) is 2. The molecule has 3 heteroatoms. The Morgan fingerprint density at radius 1 is 1.21 bits per heavy atom. The smallest absolute Gasteiger partial charge is 0.147 e. The lowest BCUT2D eigenvalue weighted by molar-refractivity contribution is -0.120. The number of Topliss-reactive ketones (excluding diaryl/α,β-unsaturated/α-hetero) is 1. The van der Waals surface area contributed by atoms with Gasteiger partial charge in [-0.25, -0.2) is 0 Å². The van der Waals surface area contributed by atoms with Crippen molar-refractivity contribution in [2.24, 2.45) is 5.92 Å². The lowest BCUT2D eigenvalue weighted by Crippen LogP contribution is -2.46. The first-order valence-corrected chi connectivity index (χ1v) is 5.66. The molecule has 0 aromatic carbocycles.